The number of hydrogen-bond donors (Lipinski definition) is 0. The van der Waals surface area contributed by atoms with E-state index in [-0.39, 0.29) is 18.2 Å². The summed E-state index contributed by atoms with van der Waals surface area (Å²) in [5.41, 5.74) is 1.66. The van der Waals surface area contributed by atoms with E-state index in [9.17, 15) is 4.79 Å². The van der Waals surface area contributed by atoms with Crippen molar-refractivity contribution < 1.29 is 13.9 Å². The van der Waals surface area contributed by atoms with Gasteiger partial charge in [0.2, 0.25) is 5.89 Å². The van der Waals surface area contributed by atoms with Gasteiger partial charge in [-0.25, -0.2) is 9.78 Å². The van der Waals surface area contributed by atoms with Crippen LogP contribution in [0.15, 0.2) is 65.3 Å². The fraction of sp³-hybridized carbons (Fsp3) is 0.0588. The molecule has 0 N–H and O–H groups in total. The van der Waals surface area contributed by atoms with Gasteiger partial charge in [0.15, 0.2) is 5.69 Å². The molecular weight excluding hydrogens is 302 g/mol. The maximum atomic E-state index is 12.0. The fourth-order valence-electron chi connectivity index (χ4n) is 1.92. The second-order valence-electron chi connectivity index (χ2n) is 4.58. The van der Waals surface area contributed by atoms with Gasteiger partial charge in [0.1, 0.15) is 12.9 Å². The van der Waals surface area contributed by atoms with Gasteiger partial charge in [-0.3, -0.25) is 0 Å². The van der Waals surface area contributed by atoms with E-state index in [0.29, 0.717) is 10.6 Å². The molecular formula is C17H12ClNO3. The maximum absolute atomic E-state index is 12.0. The lowest BCUT2D eigenvalue weighted by atomic mass is 10.2. The molecule has 0 saturated heterocycles. The van der Waals surface area contributed by atoms with Crippen LogP contribution in [0.1, 0.15) is 16.1 Å². The Balaban J connectivity index is 1.71. The van der Waals surface area contributed by atoms with Gasteiger partial charge in [-0.2, -0.15) is 0 Å². The van der Waals surface area contributed by atoms with Crippen LogP contribution in [0.25, 0.3) is 11.5 Å². The Morgan fingerprint density at radius 1 is 1.09 bits per heavy atom. The first-order valence-electron chi connectivity index (χ1n) is 6.65. The fourth-order valence-corrected chi connectivity index (χ4v) is 2.14. The Labute approximate surface area is 132 Å². The summed E-state index contributed by atoms with van der Waals surface area (Å²) in [6.07, 6.45) is 1.27. The van der Waals surface area contributed by atoms with Crippen molar-refractivity contribution in [2.24, 2.45) is 0 Å². The van der Waals surface area contributed by atoms with Gasteiger partial charge in [0.25, 0.3) is 0 Å². The molecule has 0 fully saturated rings. The molecule has 2 aromatic carbocycles. The molecule has 0 aliphatic carbocycles. The van der Waals surface area contributed by atoms with Crippen molar-refractivity contribution in [1.82, 2.24) is 4.98 Å². The first-order chi connectivity index (χ1) is 10.7. The zero-order chi connectivity index (χ0) is 15.4. The zero-order valence-electron chi connectivity index (χ0n) is 11.5. The molecule has 110 valence electrons. The number of rotatable bonds is 4. The quantitative estimate of drug-likeness (QED) is 0.672. The minimum atomic E-state index is -0.536. The molecule has 0 unspecified atom stereocenters. The molecule has 1 aromatic heterocycles. The van der Waals surface area contributed by atoms with Crippen LogP contribution < -0.4 is 0 Å². The highest BCUT2D eigenvalue weighted by molar-refractivity contribution is 6.33. The van der Waals surface area contributed by atoms with Gasteiger partial charge in [0.05, 0.1) is 10.6 Å². The van der Waals surface area contributed by atoms with Gasteiger partial charge in [-0.1, -0.05) is 54.1 Å². The third kappa shape index (κ3) is 3.18. The summed E-state index contributed by atoms with van der Waals surface area (Å²) in [5.74, 6) is -0.247. The van der Waals surface area contributed by atoms with Gasteiger partial charge in [0, 0.05) is 0 Å². The molecule has 0 atom stereocenters. The summed E-state index contributed by atoms with van der Waals surface area (Å²) < 4.78 is 10.5. The minimum absolute atomic E-state index is 0.117. The van der Waals surface area contributed by atoms with E-state index in [1.54, 1.807) is 12.1 Å². The highest BCUT2D eigenvalue weighted by Gasteiger charge is 2.16. The number of esters is 1. The number of benzene rings is 2. The predicted octanol–water partition coefficient (Wildman–Crippen LogP) is 4.35. The van der Waals surface area contributed by atoms with E-state index in [0.717, 1.165) is 5.56 Å². The summed E-state index contributed by atoms with van der Waals surface area (Å²) in [6.45, 7) is 0.188. The molecule has 0 aliphatic rings. The summed E-state index contributed by atoms with van der Waals surface area (Å²) >= 11 is 6.07. The van der Waals surface area contributed by atoms with Crippen LogP contribution in [0.5, 0.6) is 0 Å². The van der Waals surface area contributed by atoms with E-state index in [2.05, 4.69) is 4.98 Å². The molecule has 3 aromatic rings. The number of ether oxygens (including phenoxy) is 1. The molecule has 0 amide bonds. The number of aromatic nitrogens is 1. The Bertz CT molecular complexity index is 783. The van der Waals surface area contributed by atoms with Crippen molar-refractivity contribution in [1.29, 1.82) is 0 Å². The highest BCUT2D eigenvalue weighted by atomic mass is 35.5. The normalized spacial score (nSPS) is 10.4. The Morgan fingerprint density at radius 3 is 2.59 bits per heavy atom. The topological polar surface area (TPSA) is 52.3 Å². The van der Waals surface area contributed by atoms with Crippen molar-refractivity contribution >= 4 is 17.6 Å². The van der Waals surface area contributed by atoms with Gasteiger partial charge in [-0.15, -0.1) is 0 Å². The van der Waals surface area contributed by atoms with Crippen LogP contribution in [-0.4, -0.2) is 11.0 Å². The van der Waals surface area contributed by atoms with Crippen molar-refractivity contribution in [3.8, 4) is 11.5 Å². The number of carbonyl (C=O) groups excluding carboxylic acids is 1. The molecule has 0 radical (unpaired) electrons. The summed E-state index contributed by atoms with van der Waals surface area (Å²) in [5, 5.41) is 0.508. The second kappa shape index (κ2) is 6.45. The van der Waals surface area contributed by atoms with Gasteiger partial charge < -0.3 is 9.15 Å². The van der Waals surface area contributed by atoms with Crippen molar-refractivity contribution in [3.63, 3.8) is 0 Å². The van der Waals surface area contributed by atoms with Crippen molar-refractivity contribution in [2.45, 2.75) is 6.61 Å². The second-order valence-corrected chi connectivity index (χ2v) is 4.99. The lowest BCUT2D eigenvalue weighted by Gasteiger charge is -2.02. The van der Waals surface area contributed by atoms with Crippen molar-refractivity contribution in [3.05, 3.63) is 77.1 Å². The maximum Gasteiger partial charge on any atom is 0.360 e. The number of carbonyl (C=O) groups is 1. The van der Waals surface area contributed by atoms with Crippen molar-refractivity contribution in [2.75, 3.05) is 0 Å². The predicted molar refractivity (Wildman–Crippen MR) is 82.5 cm³/mol. The summed E-state index contributed by atoms with van der Waals surface area (Å²) in [6, 6.07) is 16.6. The first kappa shape index (κ1) is 14.4. The standard InChI is InChI=1S/C17H12ClNO3/c18-14-9-5-4-8-13(14)16-19-15(11-21-16)17(20)22-10-12-6-2-1-3-7-12/h1-9,11H,10H2. The number of oxazole rings is 1. The van der Waals surface area contributed by atoms with Crippen LogP contribution in [0.2, 0.25) is 5.02 Å². The monoisotopic (exact) mass is 313 g/mol. The van der Waals surface area contributed by atoms with Crippen LogP contribution in [-0.2, 0) is 11.3 Å². The Hall–Kier alpha value is -2.59. The summed E-state index contributed by atoms with van der Waals surface area (Å²) in [7, 11) is 0. The molecule has 22 heavy (non-hydrogen) atoms. The van der Waals surface area contributed by atoms with Crippen LogP contribution >= 0.6 is 11.6 Å². The van der Waals surface area contributed by atoms with Gasteiger partial charge in [-0.05, 0) is 17.7 Å². The number of nitrogens with zero attached hydrogens (tertiary/aromatic N) is 1. The largest absolute Gasteiger partial charge is 0.456 e. The average molecular weight is 314 g/mol. The number of hydrogen-bond acceptors (Lipinski definition) is 4. The van der Waals surface area contributed by atoms with Crippen LogP contribution in [0.3, 0.4) is 0 Å². The van der Waals surface area contributed by atoms with Crippen LogP contribution in [0, 0.1) is 0 Å². The van der Waals surface area contributed by atoms with E-state index >= 15 is 0 Å². The molecule has 4 nitrogen and oxygen atoms in total. The smallest absolute Gasteiger partial charge is 0.360 e. The molecule has 0 spiro atoms. The Morgan fingerprint density at radius 2 is 1.82 bits per heavy atom. The lowest BCUT2D eigenvalue weighted by Crippen LogP contribution is -2.05. The van der Waals surface area contributed by atoms with E-state index < -0.39 is 5.97 Å². The van der Waals surface area contributed by atoms with Crippen LogP contribution in [0.4, 0.5) is 0 Å². The number of halogens is 1. The molecule has 5 heteroatoms. The van der Waals surface area contributed by atoms with E-state index in [4.69, 9.17) is 20.8 Å². The summed E-state index contributed by atoms with van der Waals surface area (Å²) in [4.78, 5) is 16.1. The molecule has 1 heterocycles. The third-order valence-electron chi connectivity index (χ3n) is 3.03. The van der Waals surface area contributed by atoms with Gasteiger partial charge >= 0.3 is 5.97 Å². The van der Waals surface area contributed by atoms with E-state index in [1.807, 2.05) is 42.5 Å². The molecule has 0 bridgehead atoms. The zero-order valence-corrected chi connectivity index (χ0v) is 12.3. The highest BCUT2D eigenvalue weighted by Crippen LogP contribution is 2.26. The third-order valence-corrected chi connectivity index (χ3v) is 3.36. The molecule has 0 saturated carbocycles. The minimum Gasteiger partial charge on any atom is -0.456 e. The lowest BCUT2D eigenvalue weighted by molar-refractivity contribution is 0.0465. The molecule has 3 rings (SSSR count). The molecule has 0 aliphatic heterocycles. The average Bonchev–Trinajstić information content (AvgIpc) is 3.04. The first-order valence-corrected chi connectivity index (χ1v) is 7.03. The van der Waals surface area contributed by atoms with E-state index in [1.165, 1.54) is 6.26 Å². The Kier molecular flexibility index (Phi) is 4.21. The SMILES string of the molecule is O=C(OCc1ccccc1)c1coc(-c2ccccc2Cl)n1.